The fourth-order valence-corrected chi connectivity index (χ4v) is 1.95. The minimum atomic E-state index is -0.678. The number of nitrogens with one attached hydrogen (secondary N) is 1. The lowest BCUT2D eigenvalue weighted by Gasteiger charge is -2.26. The van der Waals surface area contributed by atoms with Crippen molar-refractivity contribution in [3.63, 3.8) is 0 Å². The Hall–Kier alpha value is -0.810. The Kier molecular flexibility index (Phi) is 4.77. The predicted molar refractivity (Wildman–Crippen MR) is 66.8 cm³/mol. The molecule has 2 amide bonds. The third-order valence-corrected chi connectivity index (χ3v) is 3.35. The molecule has 1 heterocycles. The molecular formula is C11H20ClN3O2. The molecule has 1 saturated carbocycles. The first-order valence-corrected chi connectivity index (χ1v) is 5.97. The molecule has 2 aliphatic rings. The molecule has 1 saturated heterocycles. The summed E-state index contributed by atoms with van der Waals surface area (Å²) in [5, 5.41) is 2.63. The average molecular weight is 262 g/mol. The smallest absolute Gasteiger partial charge is 0.241 e. The molecule has 98 valence electrons. The van der Waals surface area contributed by atoms with Crippen molar-refractivity contribution in [1.29, 1.82) is 0 Å². The number of nitrogens with zero attached hydrogens (tertiary/aromatic N) is 1. The van der Waals surface area contributed by atoms with Crippen LogP contribution in [0, 0.1) is 0 Å². The Balaban J connectivity index is 0.00000144. The zero-order valence-electron chi connectivity index (χ0n) is 9.91. The second kappa shape index (κ2) is 5.69. The van der Waals surface area contributed by atoms with Gasteiger partial charge in [0, 0.05) is 13.1 Å². The topological polar surface area (TPSA) is 75.4 Å². The van der Waals surface area contributed by atoms with Gasteiger partial charge in [0.15, 0.2) is 0 Å². The number of carbonyl (C=O) groups excluding carboxylic acids is 2. The summed E-state index contributed by atoms with van der Waals surface area (Å²) in [7, 11) is 0. The highest BCUT2D eigenvalue weighted by atomic mass is 35.5. The van der Waals surface area contributed by atoms with E-state index >= 15 is 0 Å². The summed E-state index contributed by atoms with van der Waals surface area (Å²) >= 11 is 0. The summed E-state index contributed by atoms with van der Waals surface area (Å²) in [6.45, 7) is 1.74. The van der Waals surface area contributed by atoms with Crippen molar-refractivity contribution in [2.45, 2.75) is 37.6 Å². The van der Waals surface area contributed by atoms with E-state index in [2.05, 4.69) is 5.32 Å². The van der Waals surface area contributed by atoms with Gasteiger partial charge in [0.1, 0.15) is 0 Å². The van der Waals surface area contributed by atoms with E-state index in [9.17, 15) is 9.59 Å². The highest BCUT2D eigenvalue weighted by Crippen LogP contribution is 2.31. The van der Waals surface area contributed by atoms with Gasteiger partial charge in [-0.2, -0.15) is 0 Å². The number of hydrogen-bond acceptors (Lipinski definition) is 3. The van der Waals surface area contributed by atoms with E-state index < -0.39 is 5.54 Å². The molecule has 2 fully saturated rings. The molecule has 0 aromatic heterocycles. The Morgan fingerprint density at radius 3 is 2.29 bits per heavy atom. The lowest BCUT2D eigenvalue weighted by atomic mass is 10.1. The van der Waals surface area contributed by atoms with Crippen LogP contribution < -0.4 is 11.1 Å². The Morgan fingerprint density at radius 2 is 1.76 bits per heavy atom. The van der Waals surface area contributed by atoms with Crippen LogP contribution in [0.15, 0.2) is 0 Å². The minimum Gasteiger partial charge on any atom is -0.345 e. The number of hydrogen-bond donors (Lipinski definition) is 2. The molecule has 3 N–H and O–H groups in total. The zero-order valence-corrected chi connectivity index (χ0v) is 10.7. The molecule has 0 atom stereocenters. The number of likely N-dealkylation sites (tertiary alicyclic amines) is 1. The number of halogens is 1. The lowest BCUT2D eigenvalue weighted by molar-refractivity contribution is -0.134. The van der Waals surface area contributed by atoms with Gasteiger partial charge in [0.05, 0.1) is 12.1 Å². The maximum Gasteiger partial charge on any atom is 0.241 e. The zero-order chi connectivity index (χ0) is 11.6. The van der Waals surface area contributed by atoms with Gasteiger partial charge in [-0.05, 0) is 32.1 Å². The molecule has 0 spiro atoms. The van der Waals surface area contributed by atoms with Crippen LogP contribution in [0.5, 0.6) is 0 Å². The number of nitrogens with two attached hydrogens (primary N) is 1. The van der Waals surface area contributed by atoms with Gasteiger partial charge >= 0.3 is 0 Å². The molecule has 17 heavy (non-hydrogen) atoms. The van der Waals surface area contributed by atoms with Crippen molar-refractivity contribution in [2.75, 3.05) is 19.6 Å². The highest BCUT2D eigenvalue weighted by Gasteiger charge is 2.45. The summed E-state index contributed by atoms with van der Waals surface area (Å²) in [5.41, 5.74) is 5.04. The molecule has 5 nitrogen and oxygen atoms in total. The number of carbonyl (C=O) groups is 2. The molecular weight excluding hydrogens is 242 g/mol. The summed E-state index contributed by atoms with van der Waals surface area (Å²) in [4.78, 5) is 25.0. The lowest BCUT2D eigenvalue weighted by Crippen LogP contribution is -2.48. The van der Waals surface area contributed by atoms with Crippen LogP contribution >= 0.6 is 12.4 Å². The van der Waals surface area contributed by atoms with Gasteiger partial charge < -0.3 is 16.0 Å². The van der Waals surface area contributed by atoms with Gasteiger partial charge in [-0.15, -0.1) is 12.4 Å². The molecule has 0 bridgehead atoms. The summed E-state index contributed by atoms with van der Waals surface area (Å²) in [6.07, 6.45) is 4.80. The van der Waals surface area contributed by atoms with Crippen LogP contribution in [0.4, 0.5) is 0 Å². The summed E-state index contributed by atoms with van der Waals surface area (Å²) in [5.74, 6) is -0.171. The fourth-order valence-electron chi connectivity index (χ4n) is 1.95. The summed E-state index contributed by atoms with van der Waals surface area (Å²) in [6, 6.07) is 0. The van der Waals surface area contributed by atoms with E-state index in [-0.39, 0.29) is 30.8 Å². The van der Waals surface area contributed by atoms with Crippen molar-refractivity contribution in [2.24, 2.45) is 5.73 Å². The minimum absolute atomic E-state index is 0. The van der Waals surface area contributed by atoms with E-state index in [0.29, 0.717) is 0 Å². The second-order valence-electron chi connectivity index (χ2n) is 4.78. The summed E-state index contributed by atoms with van der Waals surface area (Å²) < 4.78 is 0. The quantitative estimate of drug-likeness (QED) is 0.753. The van der Waals surface area contributed by atoms with E-state index in [1.54, 1.807) is 0 Å². The first-order chi connectivity index (χ1) is 7.62. The molecule has 0 aromatic rings. The van der Waals surface area contributed by atoms with Crippen molar-refractivity contribution < 1.29 is 9.59 Å². The Morgan fingerprint density at radius 1 is 1.18 bits per heavy atom. The molecule has 0 unspecified atom stereocenters. The maximum absolute atomic E-state index is 11.7. The molecule has 0 radical (unpaired) electrons. The van der Waals surface area contributed by atoms with Gasteiger partial charge in [0.25, 0.3) is 0 Å². The van der Waals surface area contributed by atoms with E-state index in [4.69, 9.17) is 5.73 Å². The van der Waals surface area contributed by atoms with Gasteiger partial charge in [-0.1, -0.05) is 0 Å². The highest BCUT2D eigenvalue weighted by molar-refractivity contribution is 5.92. The van der Waals surface area contributed by atoms with Crippen LogP contribution in [-0.2, 0) is 9.59 Å². The van der Waals surface area contributed by atoms with Crippen LogP contribution in [-0.4, -0.2) is 41.9 Å². The molecule has 6 heteroatoms. The van der Waals surface area contributed by atoms with Gasteiger partial charge in [-0.25, -0.2) is 0 Å². The first-order valence-electron chi connectivity index (χ1n) is 5.97. The molecule has 1 aliphatic heterocycles. The van der Waals surface area contributed by atoms with Crippen LogP contribution in [0.3, 0.4) is 0 Å². The Labute approximate surface area is 108 Å². The van der Waals surface area contributed by atoms with Crippen molar-refractivity contribution in [3.05, 3.63) is 0 Å². The number of amides is 2. The monoisotopic (exact) mass is 261 g/mol. The number of piperidine rings is 1. The largest absolute Gasteiger partial charge is 0.345 e. The first kappa shape index (κ1) is 14.3. The SMILES string of the molecule is Cl.NC1(C(=O)NCC(=O)N2CCCCC2)CC1. The van der Waals surface area contributed by atoms with Crippen molar-refractivity contribution >= 4 is 24.2 Å². The van der Waals surface area contributed by atoms with Crippen LogP contribution in [0.25, 0.3) is 0 Å². The molecule has 1 aliphatic carbocycles. The number of rotatable bonds is 3. The van der Waals surface area contributed by atoms with E-state index in [0.717, 1.165) is 38.8 Å². The van der Waals surface area contributed by atoms with Crippen molar-refractivity contribution in [1.82, 2.24) is 10.2 Å². The fraction of sp³-hybridized carbons (Fsp3) is 0.818. The standard InChI is InChI=1S/C11H19N3O2.ClH/c12-11(4-5-11)10(16)13-8-9(15)14-6-2-1-3-7-14;/h1-8,12H2,(H,13,16);1H. The van der Waals surface area contributed by atoms with E-state index in [1.807, 2.05) is 4.90 Å². The van der Waals surface area contributed by atoms with Gasteiger partial charge in [0.2, 0.25) is 11.8 Å². The second-order valence-corrected chi connectivity index (χ2v) is 4.78. The molecule has 2 rings (SSSR count). The van der Waals surface area contributed by atoms with Crippen LogP contribution in [0.2, 0.25) is 0 Å². The van der Waals surface area contributed by atoms with Crippen molar-refractivity contribution in [3.8, 4) is 0 Å². The average Bonchev–Trinajstić information content (AvgIpc) is 3.06. The van der Waals surface area contributed by atoms with Crippen LogP contribution in [0.1, 0.15) is 32.1 Å². The normalized spacial score (nSPS) is 21.4. The molecule has 0 aromatic carbocycles. The maximum atomic E-state index is 11.7. The Bertz CT molecular complexity index is 299. The predicted octanol–water partition coefficient (Wildman–Crippen LogP) is 0.0282. The van der Waals surface area contributed by atoms with Gasteiger partial charge in [-0.3, -0.25) is 9.59 Å². The third kappa shape index (κ3) is 3.57. The van der Waals surface area contributed by atoms with E-state index in [1.165, 1.54) is 6.42 Å². The third-order valence-electron chi connectivity index (χ3n) is 3.35.